The number of carbonyl (C=O) groups is 1. The van der Waals surface area contributed by atoms with Gasteiger partial charge in [-0.1, -0.05) is 37.1 Å². The standard InChI is InChI=1S/C23H31N3O3/c1-26(18-8-3-2-4-9-18)15-17-7-5-6-10-20(17)25-14-22(28)16-11-12-21(27)19(13-16)23(24)29/h2-4,8-9,11-13,17,20,22,25,27-28H,5-7,10,14-15H2,1H3,(H2,24,29). The number of aromatic hydroxyl groups is 1. The van der Waals surface area contributed by atoms with E-state index in [1.807, 2.05) is 6.07 Å². The molecule has 0 spiro atoms. The maximum atomic E-state index is 11.4. The number of nitrogens with zero attached hydrogens (tertiary/aromatic N) is 1. The summed E-state index contributed by atoms with van der Waals surface area (Å²) in [7, 11) is 2.12. The minimum Gasteiger partial charge on any atom is -0.507 e. The highest BCUT2D eigenvalue weighted by Gasteiger charge is 2.27. The molecule has 6 heteroatoms. The number of primary amides is 1. The average Bonchev–Trinajstić information content (AvgIpc) is 2.73. The van der Waals surface area contributed by atoms with E-state index in [0.29, 0.717) is 24.1 Å². The molecule has 1 aliphatic carbocycles. The Hall–Kier alpha value is -2.57. The normalized spacial score (nSPS) is 20.2. The van der Waals surface area contributed by atoms with Crippen molar-refractivity contribution in [3.8, 4) is 5.75 Å². The molecule has 2 aromatic carbocycles. The Bertz CT molecular complexity index is 812. The zero-order chi connectivity index (χ0) is 20.8. The highest BCUT2D eigenvalue weighted by molar-refractivity contribution is 5.95. The number of hydrogen-bond donors (Lipinski definition) is 4. The van der Waals surface area contributed by atoms with Crippen LogP contribution in [0.2, 0.25) is 0 Å². The van der Waals surface area contributed by atoms with Gasteiger partial charge >= 0.3 is 0 Å². The van der Waals surface area contributed by atoms with E-state index in [-0.39, 0.29) is 11.3 Å². The van der Waals surface area contributed by atoms with Crippen LogP contribution in [0.1, 0.15) is 47.7 Å². The summed E-state index contributed by atoms with van der Waals surface area (Å²) in [6.07, 6.45) is 3.89. The lowest BCUT2D eigenvalue weighted by atomic mass is 9.84. The van der Waals surface area contributed by atoms with E-state index in [2.05, 4.69) is 41.5 Å². The largest absolute Gasteiger partial charge is 0.507 e. The van der Waals surface area contributed by atoms with Crippen molar-refractivity contribution in [2.45, 2.75) is 37.8 Å². The first-order chi connectivity index (χ1) is 14.0. The topological polar surface area (TPSA) is 98.8 Å². The third-order valence-corrected chi connectivity index (χ3v) is 5.86. The first-order valence-electron chi connectivity index (χ1n) is 10.3. The van der Waals surface area contributed by atoms with Gasteiger partial charge in [0.05, 0.1) is 11.7 Å². The molecule has 2 aromatic rings. The summed E-state index contributed by atoms with van der Waals surface area (Å²) < 4.78 is 0. The van der Waals surface area contributed by atoms with Gasteiger partial charge < -0.3 is 26.2 Å². The van der Waals surface area contributed by atoms with Crippen LogP contribution in [-0.2, 0) is 0 Å². The molecule has 156 valence electrons. The summed E-state index contributed by atoms with van der Waals surface area (Å²) in [6.45, 7) is 1.35. The lowest BCUT2D eigenvalue weighted by Crippen LogP contribution is -2.44. The molecule has 1 aliphatic rings. The summed E-state index contributed by atoms with van der Waals surface area (Å²) in [5.74, 6) is -0.374. The van der Waals surface area contributed by atoms with Crippen LogP contribution in [-0.4, -0.2) is 42.3 Å². The number of carbonyl (C=O) groups excluding carboxylic acids is 1. The molecule has 3 unspecified atom stereocenters. The zero-order valence-corrected chi connectivity index (χ0v) is 16.9. The fraction of sp³-hybridized carbons (Fsp3) is 0.435. The van der Waals surface area contributed by atoms with Crippen LogP contribution in [0.5, 0.6) is 5.75 Å². The smallest absolute Gasteiger partial charge is 0.252 e. The van der Waals surface area contributed by atoms with Gasteiger partial charge in [-0.2, -0.15) is 0 Å². The van der Waals surface area contributed by atoms with Crippen molar-refractivity contribution in [3.05, 3.63) is 59.7 Å². The predicted molar refractivity (Wildman–Crippen MR) is 115 cm³/mol. The molecular formula is C23H31N3O3. The molecule has 29 heavy (non-hydrogen) atoms. The number of anilines is 1. The molecule has 1 amide bonds. The number of rotatable bonds is 8. The van der Waals surface area contributed by atoms with Gasteiger partial charge in [-0.25, -0.2) is 0 Å². The van der Waals surface area contributed by atoms with Crippen molar-refractivity contribution >= 4 is 11.6 Å². The van der Waals surface area contributed by atoms with Gasteiger partial charge in [0.2, 0.25) is 0 Å². The number of aliphatic hydroxyl groups is 1. The van der Waals surface area contributed by atoms with Crippen LogP contribution >= 0.6 is 0 Å². The first-order valence-corrected chi connectivity index (χ1v) is 10.3. The number of aliphatic hydroxyl groups excluding tert-OH is 1. The van der Waals surface area contributed by atoms with Gasteiger partial charge in [0.1, 0.15) is 5.75 Å². The Kier molecular flexibility index (Phi) is 7.12. The maximum Gasteiger partial charge on any atom is 0.252 e. The molecule has 0 bridgehead atoms. The summed E-state index contributed by atoms with van der Waals surface area (Å²) in [6, 6.07) is 15.2. The number of amides is 1. The predicted octanol–water partition coefficient (Wildman–Crippen LogP) is 2.81. The number of para-hydroxylation sites is 1. The molecule has 0 aromatic heterocycles. The quantitative estimate of drug-likeness (QED) is 0.549. The zero-order valence-electron chi connectivity index (χ0n) is 16.9. The first kappa shape index (κ1) is 21.1. The highest BCUT2D eigenvalue weighted by Crippen LogP contribution is 2.28. The van der Waals surface area contributed by atoms with Crippen molar-refractivity contribution < 1.29 is 15.0 Å². The second-order valence-corrected chi connectivity index (χ2v) is 7.93. The van der Waals surface area contributed by atoms with Gasteiger partial charge in [0.25, 0.3) is 5.91 Å². The van der Waals surface area contributed by atoms with Crippen LogP contribution in [0.25, 0.3) is 0 Å². The summed E-state index contributed by atoms with van der Waals surface area (Å²) >= 11 is 0. The van der Waals surface area contributed by atoms with E-state index in [9.17, 15) is 15.0 Å². The number of phenols is 1. The van der Waals surface area contributed by atoms with E-state index < -0.39 is 12.0 Å². The van der Waals surface area contributed by atoms with Crippen molar-refractivity contribution in [3.63, 3.8) is 0 Å². The van der Waals surface area contributed by atoms with Crippen LogP contribution in [0.15, 0.2) is 48.5 Å². The van der Waals surface area contributed by atoms with Crippen LogP contribution in [0.4, 0.5) is 5.69 Å². The second kappa shape index (κ2) is 9.76. The SMILES string of the molecule is CN(CC1CCCCC1NCC(O)c1ccc(O)c(C(N)=O)c1)c1ccccc1. The third kappa shape index (κ3) is 5.49. The van der Waals surface area contributed by atoms with E-state index in [1.54, 1.807) is 6.07 Å². The Morgan fingerprint density at radius 1 is 1.21 bits per heavy atom. The molecule has 5 N–H and O–H groups in total. The number of hydrogen-bond acceptors (Lipinski definition) is 5. The van der Waals surface area contributed by atoms with Crippen molar-refractivity contribution in [2.75, 3.05) is 25.0 Å². The molecule has 6 nitrogen and oxygen atoms in total. The molecule has 1 fully saturated rings. The van der Waals surface area contributed by atoms with Crippen LogP contribution < -0.4 is 16.0 Å². The molecular weight excluding hydrogens is 366 g/mol. The van der Waals surface area contributed by atoms with Gasteiger partial charge in [0, 0.05) is 31.9 Å². The van der Waals surface area contributed by atoms with Gasteiger partial charge in [-0.05, 0) is 48.6 Å². The summed E-state index contributed by atoms with van der Waals surface area (Å²) in [5.41, 5.74) is 7.09. The Morgan fingerprint density at radius 2 is 1.93 bits per heavy atom. The molecule has 1 saturated carbocycles. The fourth-order valence-corrected chi connectivity index (χ4v) is 4.17. The van der Waals surface area contributed by atoms with Crippen molar-refractivity contribution in [2.24, 2.45) is 11.7 Å². The van der Waals surface area contributed by atoms with E-state index in [0.717, 1.165) is 19.4 Å². The third-order valence-electron chi connectivity index (χ3n) is 5.86. The Morgan fingerprint density at radius 3 is 2.66 bits per heavy atom. The number of nitrogens with one attached hydrogen (secondary N) is 1. The minimum atomic E-state index is -0.775. The number of nitrogens with two attached hydrogens (primary N) is 1. The van der Waals surface area contributed by atoms with Crippen LogP contribution in [0.3, 0.4) is 0 Å². The molecule has 0 heterocycles. The fourth-order valence-electron chi connectivity index (χ4n) is 4.17. The Balaban J connectivity index is 1.60. The maximum absolute atomic E-state index is 11.4. The van der Waals surface area contributed by atoms with E-state index in [1.165, 1.54) is 30.7 Å². The lowest BCUT2D eigenvalue weighted by molar-refractivity contribution is 0.0997. The van der Waals surface area contributed by atoms with Gasteiger partial charge in [-0.15, -0.1) is 0 Å². The van der Waals surface area contributed by atoms with Gasteiger partial charge in [-0.3, -0.25) is 4.79 Å². The molecule has 0 saturated heterocycles. The minimum absolute atomic E-state index is 0.0292. The van der Waals surface area contributed by atoms with Crippen molar-refractivity contribution in [1.82, 2.24) is 5.32 Å². The summed E-state index contributed by atoms with van der Waals surface area (Å²) in [5, 5.41) is 23.9. The van der Waals surface area contributed by atoms with Crippen LogP contribution in [0, 0.1) is 5.92 Å². The highest BCUT2D eigenvalue weighted by atomic mass is 16.3. The molecule has 0 aliphatic heterocycles. The van der Waals surface area contributed by atoms with E-state index >= 15 is 0 Å². The van der Waals surface area contributed by atoms with Gasteiger partial charge in [0.15, 0.2) is 0 Å². The monoisotopic (exact) mass is 397 g/mol. The summed E-state index contributed by atoms with van der Waals surface area (Å²) in [4.78, 5) is 13.7. The molecule has 3 rings (SSSR count). The van der Waals surface area contributed by atoms with Crippen molar-refractivity contribution in [1.29, 1.82) is 0 Å². The average molecular weight is 398 g/mol. The lowest BCUT2D eigenvalue weighted by Gasteiger charge is -2.36. The molecule has 0 radical (unpaired) electrons. The van der Waals surface area contributed by atoms with E-state index in [4.69, 9.17) is 5.73 Å². The number of benzene rings is 2. The molecule has 3 atom stereocenters. The second-order valence-electron chi connectivity index (χ2n) is 7.93. The Labute approximate surface area is 172 Å².